The van der Waals surface area contributed by atoms with Crippen molar-refractivity contribution in [1.82, 2.24) is 4.57 Å². The lowest BCUT2D eigenvalue weighted by molar-refractivity contribution is -0.141. The quantitative estimate of drug-likeness (QED) is 0.620. The monoisotopic (exact) mass is 431 g/mol. The molecule has 0 amide bonds. The topological polar surface area (TPSA) is 69.9 Å². The Morgan fingerprint density at radius 2 is 2.00 bits per heavy atom. The van der Waals surface area contributed by atoms with Gasteiger partial charge in [0.15, 0.2) is 11.5 Å². The number of carboxylic acid groups (broad SMARTS) is 1. The average Bonchev–Trinajstić information content (AvgIpc) is 3.14. The Morgan fingerprint density at radius 3 is 2.70 bits per heavy atom. The molecule has 4 rings (SSSR count). The maximum atomic E-state index is 15.1. The van der Waals surface area contributed by atoms with E-state index in [1.807, 2.05) is 0 Å². The fourth-order valence-electron chi connectivity index (χ4n) is 3.88. The minimum Gasteiger partial charge on any atom is -0.493 e. The largest absolute Gasteiger partial charge is 0.493 e. The van der Waals surface area contributed by atoms with Gasteiger partial charge in [0.05, 0.1) is 32.0 Å². The molecule has 2 aromatic carbocycles. The number of ether oxygens (including phenoxy) is 3. The Kier molecular flexibility index (Phi) is 5.40. The maximum Gasteiger partial charge on any atom is 0.306 e. The van der Waals surface area contributed by atoms with E-state index in [0.717, 1.165) is 0 Å². The Bertz CT molecular complexity index is 1110. The van der Waals surface area contributed by atoms with E-state index in [1.165, 1.54) is 20.3 Å². The summed E-state index contributed by atoms with van der Waals surface area (Å²) in [6, 6.07) is 11.5. The Labute approximate surface area is 177 Å². The molecule has 1 N–H and O–H groups in total. The molecular formula is C22H19ClFNO5. The van der Waals surface area contributed by atoms with Crippen LogP contribution in [-0.2, 0) is 9.53 Å². The van der Waals surface area contributed by atoms with Crippen molar-refractivity contribution in [2.75, 3.05) is 14.2 Å². The van der Waals surface area contributed by atoms with E-state index < -0.39 is 24.0 Å². The first-order chi connectivity index (χ1) is 14.4. The van der Waals surface area contributed by atoms with Gasteiger partial charge < -0.3 is 23.9 Å². The molecule has 8 heteroatoms. The van der Waals surface area contributed by atoms with Crippen LogP contribution in [0.3, 0.4) is 0 Å². The molecule has 1 aliphatic rings. The summed E-state index contributed by atoms with van der Waals surface area (Å²) < 4.78 is 34.0. The number of aliphatic carboxylic acids is 1. The predicted octanol–water partition coefficient (Wildman–Crippen LogP) is 4.92. The van der Waals surface area contributed by atoms with Crippen molar-refractivity contribution in [3.63, 3.8) is 0 Å². The minimum atomic E-state index is -1.03. The first-order valence-electron chi connectivity index (χ1n) is 9.19. The molecule has 1 aromatic heterocycles. The Hall–Kier alpha value is -3.03. The standard InChI is InChI=1S/C22H19ClFNO5/c1-28-17-7-3-5-13(22(17)29-2)21-14-9-12(23)10-15(24)20(14)25-8-4-6-16(25)18(30-21)11-19(26)27/h3-10,18,21H,11H2,1-2H3,(H,26,27). The van der Waals surface area contributed by atoms with Crippen LogP contribution in [0.5, 0.6) is 11.5 Å². The highest BCUT2D eigenvalue weighted by Gasteiger charge is 2.35. The lowest BCUT2D eigenvalue weighted by Gasteiger charge is -2.25. The molecule has 2 heterocycles. The number of benzene rings is 2. The molecule has 0 fully saturated rings. The number of aromatic nitrogens is 1. The normalized spacial score (nSPS) is 17.6. The van der Waals surface area contributed by atoms with E-state index in [9.17, 15) is 9.90 Å². The molecule has 0 saturated heterocycles. The highest BCUT2D eigenvalue weighted by atomic mass is 35.5. The van der Waals surface area contributed by atoms with Crippen molar-refractivity contribution in [3.05, 3.63) is 76.3 Å². The van der Waals surface area contributed by atoms with Crippen LogP contribution in [0.2, 0.25) is 5.02 Å². The van der Waals surface area contributed by atoms with Gasteiger partial charge in [-0.25, -0.2) is 4.39 Å². The summed E-state index contributed by atoms with van der Waals surface area (Å²) in [5.41, 5.74) is 1.81. The number of carboxylic acids is 1. The van der Waals surface area contributed by atoms with Gasteiger partial charge in [0.25, 0.3) is 0 Å². The molecule has 30 heavy (non-hydrogen) atoms. The van der Waals surface area contributed by atoms with Gasteiger partial charge in [-0.1, -0.05) is 23.7 Å². The fraction of sp³-hybridized carbons (Fsp3) is 0.227. The molecule has 0 aliphatic carbocycles. The number of hydrogen-bond acceptors (Lipinski definition) is 4. The third-order valence-electron chi connectivity index (χ3n) is 5.07. The molecule has 6 nitrogen and oxygen atoms in total. The van der Waals surface area contributed by atoms with Gasteiger partial charge in [-0.05, 0) is 30.3 Å². The predicted molar refractivity (Wildman–Crippen MR) is 108 cm³/mol. The van der Waals surface area contributed by atoms with Gasteiger partial charge in [-0.2, -0.15) is 0 Å². The lowest BCUT2D eigenvalue weighted by atomic mass is 9.98. The van der Waals surface area contributed by atoms with Gasteiger partial charge in [-0.3, -0.25) is 4.79 Å². The van der Waals surface area contributed by atoms with Crippen LogP contribution in [-0.4, -0.2) is 29.9 Å². The molecule has 2 unspecified atom stereocenters. The number of para-hydroxylation sites is 1. The number of halogens is 2. The summed E-state index contributed by atoms with van der Waals surface area (Å²) >= 11 is 6.19. The summed E-state index contributed by atoms with van der Waals surface area (Å²) in [4.78, 5) is 11.5. The molecule has 2 atom stereocenters. The highest BCUT2D eigenvalue weighted by Crippen LogP contribution is 2.46. The van der Waals surface area contributed by atoms with E-state index in [0.29, 0.717) is 28.3 Å². The van der Waals surface area contributed by atoms with Crippen molar-refractivity contribution in [3.8, 4) is 17.2 Å². The van der Waals surface area contributed by atoms with Gasteiger partial charge >= 0.3 is 5.97 Å². The van der Waals surface area contributed by atoms with Crippen molar-refractivity contribution in [2.45, 2.75) is 18.6 Å². The zero-order valence-electron chi connectivity index (χ0n) is 16.3. The molecule has 0 radical (unpaired) electrons. The van der Waals surface area contributed by atoms with Crippen LogP contribution >= 0.6 is 11.6 Å². The fourth-order valence-corrected chi connectivity index (χ4v) is 4.09. The first-order valence-corrected chi connectivity index (χ1v) is 9.57. The number of fused-ring (bicyclic) bond motifs is 3. The molecule has 1 aliphatic heterocycles. The second kappa shape index (κ2) is 8.01. The van der Waals surface area contributed by atoms with E-state index in [2.05, 4.69) is 0 Å². The zero-order valence-corrected chi connectivity index (χ0v) is 17.0. The first kappa shape index (κ1) is 20.3. The molecule has 0 saturated carbocycles. The summed E-state index contributed by atoms with van der Waals surface area (Å²) in [7, 11) is 3.01. The number of hydrogen-bond donors (Lipinski definition) is 1. The van der Waals surface area contributed by atoms with Crippen molar-refractivity contribution in [1.29, 1.82) is 0 Å². The molecule has 156 valence electrons. The second-order valence-electron chi connectivity index (χ2n) is 6.81. The smallest absolute Gasteiger partial charge is 0.306 e. The zero-order chi connectivity index (χ0) is 21.4. The average molecular weight is 432 g/mol. The number of rotatable bonds is 5. The van der Waals surface area contributed by atoms with E-state index in [4.69, 9.17) is 25.8 Å². The summed E-state index contributed by atoms with van der Waals surface area (Å²) in [6.45, 7) is 0. The van der Waals surface area contributed by atoms with Crippen molar-refractivity contribution >= 4 is 17.6 Å². The van der Waals surface area contributed by atoms with Crippen molar-refractivity contribution in [2.24, 2.45) is 0 Å². The van der Waals surface area contributed by atoms with E-state index in [1.54, 1.807) is 47.2 Å². The number of methoxy groups -OCH3 is 2. The SMILES string of the molecule is COc1cccc(C2OC(CC(=O)O)c3cccn3-c3c(F)cc(Cl)cc32)c1OC. The van der Waals surface area contributed by atoms with Gasteiger partial charge in [-0.15, -0.1) is 0 Å². The van der Waals surface area contributed by atoms with Crippen molar-refractivity contribution < 1.29 is 28.5 Å². The molecule has 0 spiro atoms. The third kappa shape index (κ3) is 3.40. The van der Waals surface area contributed by atoms with E-state index >= 15 is 4.39 Å². The maximum absolute atomic E-state index is 15.1. The summed E-state index contributed by atoms with van der Waals surface area (Å²) in [5, 5.41) is 9.65. The van der Waals surface area contributed by atoms with Crippen LogP contribution < -0.4 is 9.47 Å². The highest BCUT2D eigenvalue weighted by molar-refractivity contribution is 6.30. The number of nitrogens with zero attached hydrogens (tertiary/aromatic N) is 1. The van der Waals surface area contributed by atoms with Gasteiger partial charge in [0.1, 0.15) is 18.0 Å². The summed E-state index contributed by atoms with van der Waals surface area (Å²) in [5.74, 6) is -0.687. The van der Waals surface area contributed by atoms with Crippen LogP contribution in [0.4, 0.5) is 4.39 Å². The van der Waals surface area contributed by atoms with E-state index in [-0.39, 0.29) is 17.1 Å². The lowest BCUT2D eigenvalue weighted by Crippen LogP contribution is -2.15. The molecular weight excluding hydrogens is 413 g/mol. The van der Waals surface area contributed by atoms with Gasteiger partial charge in [0.2, 0.25) is 0 Å². The third-order valence-corrected chi connectivity index (χ3v) is 5.29. The molecule has 3 aromatic rings. The Balaban J connectivity index is 2.00. The van der Waals surface area contributed by atoms with Crippen LogP contribution in [0.15, 0.2) is 48.7 Å². The van der Waals surface area contributed by atoms with Crippen LogP contribution in [0.25, 0.3) is 5.69 Å². The van der Waals surface area contributed by atoms with Gasteiger partial charge in [0, 0.05) is 22.3 Å². The molecule has 0 bridgehead atoms. The van der Waals surface area contributed by atoms with Crippen LogP contribution in [0, 0.1) is 5.82 Å². The summed E-state index contributed by atoms with van der Waals surface area (Å²) in [6.07, 6.45) is -0.295. The minimum absolute atomic E-state index is 0.201. The Morgan fingerprint density at radius 1 is 1.20 bits per heavy atom. The number of carbonyl (C=O) groups is 1. The second-order valence-corrected chi connectivity index (χ2v) is 7.25. The van der Waals surface area contributed by atoms with Crippen LogP contribution in [0.1, 0.15) is 35.4 Å².